The van der Waals surface area contributed by atoms with Gasteiger partial charge in [-0.15, -0.1) is 0 Å². The molecule has 3 nitrogen and oxygen atoms in total. The van der Waals surface area contributed by atoms with Crippen LogP contribution in [0.25, 0.3) is 16.9 Å². The first-order valence-electron chi connectivity index (χ1n) is 10.1. The van der Waals surface area contributed by atoms with Crippen LogP contribution in [0.1, 0.15) is 49.3 Å². The summed E-state index contributed by atoms with van der Waals surface area (Å²) >= 11 is 5.84. The van der Waals surface area contributed by atoms with Gasteiger partial charge in [-0.1, -0.05) is 49.7 Å². The molecular weight excluding hydrogens is 411 g/mol. The Balaban J connectivity index is 1.94. The molecule has 0 radical (unpaired) electrons. The molecule has 0 spiro atoms. The number of para-hydroxylation sites is 1. The summed E-state index contributed by atoms with van der Waals surface area (Å²) in [6.45, 7) is 5.03. The Labute approximate surface area is 178 Å². The molecule has 0 saturated carbocycles. The molecular formula is C23H23ClF3N3. The maximum atomic E-state index is 13.4. The van der Waals surface area contributed by atoms with Gasteiger partial charge in [0.05, 0.1) is 22.0 Å². The van der Waals surface area contributed by atoms with E-state index in [1.807, 2.05) is 22.9 Å². The van der Waals surface area contributed by atoms with E-state index in [1.165, 1.54) is 6.07 Å². The maximum Gasteiger partial charge on any atom is 0.417 e. The lowest BCUT2D eigenvalue weighted by Crippen LogP contribution is -2.09. The number of alkyl halides is 3. The fourth-order valence-electron chi connectivity index (χ4n) is 3.97. The number of fused-ring (bicyclic) bond motifs is 1. The minimum absolute atomic E-state index is 0.280. The van der Waals surface area contributed by atoms with Crippen LogP contribution in [-0.2, 0) is 12.6 Å². The summed E-state index contributed by atoms with van der Waals surface area (Å²) in [6, 6.07) is 12.0. The third kappa shape index (κ3) is 3.81. The highest BCUT2D eigenvalue weighted by Crippen LogP contribution is 2.40. The highest BCUT2D eigenvalue weighted by Gasteiger charge is 2.34. The molecule has 0 atom stereocenters. The highest BCUT2D eigenvalue weighted by molar-refractivity contribution is 6.31. The summed E-state index contributed by atoms with van der Waals surface area (Å²) in [5.74, 6) is 1.14. The first-order chi connectivity index (χ1) is 14.3. The minimum atomic E-state index is -4.52. The smallest absolute Gasteiger partial charge is 0.370 e. The van der Waals surface area contributed by atoms with E-state index in [2.05, 4.69) is 25.2 Å². The van der Waals surface area contributed by atoms with Gasteiger partial charge in [0.2, 0.25) is 0 Å². The van der Waals surface area contributed by atoms with Gasteiger partial charge in [0, 0.05) is 17.7 Å². The second-order valence-corrected chi connectivity index (χ2v) is 8.28. The van der Waals surface area contributed by atoms with E-state index in [0.717, 1.165) is 54.5 Å². The van der Waals surface area contributed by atoms with Gasteiger partial charge in [0.1, 0.15) is 5.82 Å². The second kappa shape index (κ2) is 7.99. The van der Waals surface area contributed by atoms with Gasteiger partial charge >= 0.3 is 6.18 Å². The van der Waals surface area contributed by atoms with E-state index in [9.17, 15) is 13.2 Å². The fourth-order valence-corrected chi connectivity index (χ4v) is 4.19. The Morgan fingerprint density at radius 3 is 2.60 bits per heavy atom. The summed E-state index contributed by atoms with van der Waals surface area (Å²) < 4.78 is 42.2. The number of rotatable bonds is 3. The summed E-state index contributed by atoms with van der Waals surface area (Å²) in [7, 11) is 0. The van der Waals surface area contributed by atoms with Crippen molar-refractivity contribution >= 4 is 17.4 Å². The Morgan fingerprint density at radius 1 is 1.10 bits per heavy atom. The number of benzene rings is 2. The summed E-state index contributed by atoms with van der Waals surface area (Å²) in [6.07, 6.45) is -1.82. The molecule has 1 aliphatic heterocycles. The Bertz CT molecular complexity index is 1070. The first kappa shape index (κ1) is 20.8. The number of hydrogen-bond donors (Lipinski definition) is 1. The van der Waals surface area contributed by atoms with E-state index >= 15 is 0 Å². The SMILES string of the molecule is CC(C)c1ccccc1-n1nc(-c2ccc(Cl)c(C(F)(F)F)c2)c2c1NCCCC2. The largest absolute Gasteiger partial charge is 0.417 e. The van der Waals surface area contributed by atoms with Crippen molar-refractivity contribution in [3.05, 3.63) is 64.2 Å². The zero-order valence-electron chi connectivity index (χ0n) is 16.9. The molecule has 1 aliphatic rings. The van der Waals surface area contributed by atoms with E-state index < -0.39 is 11.7 Å². The predicted octanol–water partition coefficient (Wildman–Crippen LogP) is 7.08. The normalized spacial score (nSPS) is 14.4. The van der Waals surface area contributed by atoms with Crippen molar-refractivity contribution in [3.8, 4) is 16.9 Å². The van der Waals surface area contributed by atoms with Crippen LogP contribution >= 0.6 is 11.6 Å². The van der Waals surface area contributed by atoms with Gasteiger partial charge in [-0.25, -0.2) is 4.68 Å². The van der Waals surface area contributed by atoms with Gasteiger partial charge in [0.25, 0.3) is 0 Å². The molecule has 0 unspecified atom stereocenters. The molecule has 2 heterocycles. The number of aromatic nitrogens is 2. The molecule has 0 bridgehead atoms. The molecule has 1 N–H and O–H groups in total. The molecule has 3 aromatic rings. The Kier molecular flexibility index (Phi) is 5.53. The summed E-state index contributed by atoms with van der Waals surface area (Å²) in [4.78, 5) is 0. The van der Waals surface area contributed by atoms with Crippen molar-refractivity contribution in [1.82, 2.24) is 9.78 Å². The zero-order chi connectivity index (χ0) is 21.5. The molecule has 158 valence electrons. The van der Waals surface area contributed by atoms with E-state index in [1.54, 1.807) is 6.07 Å². The maximum absolute atomic E-state index is 13.4. The van der Waals surface area contributed by atoms with Crippen LogP contribution in [0.3, 0.4) is 0 Å². The molecule has 30 heavy (non-hydrogen) atoms. The van der Waals surface area contributed by atoms with Gasteiger partial charge < -0.3 is 5.32 Å². The van der Waals surface area contributed by atoms with Crippen LogP contribution < -0.4 is 5.32 Å². The van der Waals surface area contributed by atoms with E-state index in [4.69, 9.17) is 16.7 Å². The topological polar surface area (TPSA) is 29.9 Å². The fraction of sp³-hybridized carbons (Fsp3) is 0.348. The van der Waals surface area contributed by atoms with E-state index in [-0.39, 0.29) is 10.9 Å². The molecule has 1 aromatic heterocycles. The standard InChI is InChI=1S/C23H23ClF3N3/c1-14(2)16-7-3-4-9-20(16)30-22-17(8-5-6-12-28-22)21(29-30)15-10-11-19(24)18(13-15)23(25,26)27/h3-4,7,9-11,13-14,28H,5-6,8,12H2,1-2H3. The number of nitrogens with one attached hydrogen (secondary N) is 1. The van der Waals surface area contributed by atoms with Crippen molar-refractivity contribution in [1.29, 1.82) is 0 Å². The Morgan fingerprint density at radius 2 is 1.87 bits per heavy atom. The lowest BCUT2D eigenvalue weighted by atomic mass is 10.0. The third-order valence-electron chi connectivity index (χ3n) is 5.46. The van der Waals surface area contributed by atoms with Gasteiger partial charge in [0.15, 0.2) is 0 Å². The number of hydrogen-bond acceptors (Lipinski definition) is 2. The number of anilines is 1. The molecule has 0 aliphatic carbocycles. The van der Waals surface area contributed by atoms with Crippen LogP contribution in [0.5, 0.6) is 0 Å². The number of nitrogens with zero attached hydrogens (tertiary/aromatic N) is 2. The first-order valence-corrected chi connectivity index (χ1v) is 10.5. The predicted molar refractivity (Wildman–Crippen MR) is 115 cm³/mol. The second-order valence-electron chi connectivity index (χ2n) is 7.88. The molecule has 2 aromatic carbocycles. The third-order valence-corrected chi connectivity index (χ3v) is 5.79. The van der Waals surface area contributed by atoms with Crippen molar-refractivity contribution in [2.24, 2.45) is 0 Å². The molecule has 0 fully saturated rings. The summed E-state index contributed by atoms with van der Waals surface area (Å²) in [5, 5.41) is 7.97. The lowest BCUT2D eigenvalue weighted by molar-refractivity contribution is -0.137. The van der Waals surface area contributed by atoms with Crippen molar-refractivity contribution in [2.75, 3.05) is 11.9 Å². The average molecular weight is 434 g/mol. The van der Waals surface area contributed by atoms with Crippen LogP contribution in [-0.4, -0.2) is 16.3 Å². The highest BCUT2D eigenvalue weighted by atomic mass is 35.5. The van der Waals surface area contributed by atoms with Crippen molar-refractivity contribution in [3.63, 3.8) is 0 Å². The molecule has 0 saturated heterocycles. The van der Waals surface area contributed by atoms with Crippen molar-refractivity contribution in [2.45, 2.75) is 45.2 Å². The molecule has 7 heteroatoms. The van der Waals surface area contributed by atoms with E-state index in [0.29, 0.717) is 11.3 Å². The Hall–Kier alpha value is -2.47. The van der Waals surface area contributed by atoms with Crippen LogP contribution in [0.15, 0.2) is 42.5 Å². The number of halogens is 4. The molecule has 4 rings (SSSR count). The van der Waals surface area contributed by atoms with Gasteiger partial charge in [-0.05, 0) is 48.9 Å². The van der Waals surface area contributed by atoms with Gasteiger partial charge in [-0.2, -0.15) is 18.3 Å². The quantitative estimate of drug-likeness (QED) is 0.478. The van der Waals surface area contributed by atoms with Gasteiger partial charge in [-0.3, -0.25) is 0 Å². The van der Waals surface area contributed by atoms with Crippen LogP contribution in [0, 0.1) is 0 Å². The summed E-state index contributed by atoms with van der Waals surface area (Å²) in [5.41, 5.74) is 3.17. The monoisotopic (exact) mass is 433 g/mol. The average Bonchev–Trinajstić information content (AvgIpc) is 2.88. The molecule has 0 amide bonds. The minimum Gasteiger partial charge on any atom is -0.370 e. The van der Waals surface area contributed by atoms with Crippen molar-refractivity contribution < 1.29 is 13.2 Å². The zero-order valence-corrected chi connectivity index (χ0v) is 17.6. The lowest BCUT2D eigenvalue weighted by Gasteiger charge is -2.15. The van der Waals surface area contributed by atoms with Crippen LogP contribution in [0.4, 0.5) is 19.0 Å². The van der Waals surface area contributed by atoms with Crippen LogP contribution in [0.2, 0.25) is 5.02 Å².